The Morgan fingerprint density at radius 1 is 1.50 bits per heavy atom. The molecule has 0 bridgehead atoms. The summed E-state index contributed by atoms with van der Waals surface area (Å²) in [4.78, 5) is 5.55. The van der Waals surface area contributed by atoms with Crippen LogP contribution < -0.4 is 4.72 Å². The normalized spacial score (nSPS) is 11.9. The van der Waals surface area contributed by atoms with E-state index in [9.17, 15) is 8.42 Å². The molecule has 0 aliphatic heterocycles. The molecule has 8 heteroatoms. The van der Waals surface area contributed by atoms with Crippen LogP contribution in [0, 0.1) is 6.92 Å². The number of aryl methyl sites for hydroxylation is 1. The van der Waals surface area contributed by atoms with Gasteiger partial charge in [-0.25, -0.2) is 18.1 Å². The van der Waals surface area contributed by atoms with Crippen LogP contribution in [0.1, 0.15) is 14.8 Å². The minimum Gasteiger partial charge on any atom is -0.391 e. The molecule has 0 saturated heterocycles. The Morgan fingerprint density at radius 3 is 2.83 bits per heavy atom. The molecule has 0 aliphatic rings. The number of nitrogens with zero attached hydrogens (tertiary/aromatic N) is 1. The summed E-state index contributed by atoms with van der Waals surface area (Å²) in [5, 5.41) is 11.5. The molecule has 0 aromatic carbocycles. The number of aromatic nitrogens is 1. The van der Waals surface area contributed by atoms with Crippen molar-refractivity contribution >= 4 is 32.7 Å². The van der Waals surface area contributed by atoms with E-state index in [1.165, 1.54) is 28.7 Å². The van der Waals surface area contributed by atoms with Crippen molar-refractivity contribution in [3.8, 4) is 0 Å². The first-order valence-corrected chi connectivity index (χ1v) is 8.29. The number of thiazole rings is 1. The van der Waals surface area contributed by atoms with Crippen molar-refractivity contribution in [2.24, 2.45) is 0 Å². The van der Waals surface area contributed by atoms with Crippen LogP contribution in [0.2, 0.25) is 0 Å². The highest BCUT2D eigenvalue weighted by atomic mass is 32.2. The molecular weight excluding hydrogens is 292 g/mol. The van der Waals surface area contributed by atoms with Crippen LogP contribution >= 0.6 is 22.7 Å². The van der Waals surface area contributed by atoms with E-state index in [0.717, 1.165) is 0 Å². The topological polar surface area (TPSA) is 79.3 Å². The zero-order valence-corrected chi connectivity index (χ0v) is 12.0. The molecule has 0 aliphatic carbocycles. The number of aliphatic hydroxyl groups is 1. The van der Waals surface area contributed by atoms with Gasteiger partial charge in [0.05, 0.1) is 18.0 Å². The molecular formula is C10H12N2O3S3. The zero-order chi connectivity index (χ0) is 13.2. The van der Waals surface area contributed by atoms with Gasteiger partial charge in [0.25, 0.3) is 0 Å². The Bertz CT molecular complexity index is 617. The molecule has 0 atom stereocenters. The third-order valence-electron chi connectivity index (χ3n) is 2.27. The lowest BCUT2D eigenvalue weighted by molar-refractivity contribution is 0.285. The summed E-state index contributed by atoms with van der Waals surface area (Å²) in [5.41, 5.74) is 0. The van der Waals surface area contributed by atoms with Gasteiger partial charge >= 0.3 is 0 Å². The molecule has 98 valence electrons. The van der Waals surface area contributed by atoms with Gasteiger partial charge in [0.2, 0.25) is 10.0 Å². The van der Waals surface area contributed by atoms with E-state index in [0.29, 0.717) is 14.8 Å². The summed E-state index contributed by atoms with van der Waals surface area (Å²) in [5.74, 6) is 0. The molecule has 2 rings (SSSR count). The Kier molecular flexibility index (Phi) is 4.13. The number of aliphatic hydroxyl groups excluding tert-OH is 1. The van der Waals surface area contributed by atoms with E-state index >= 15 is 0 Å². The predicted molar refractivity (Wildman–Crippen MR) is 71.1 cm³/mol. The highest BCUT2D eigenvalue weighted by Gasteiger charge is 2.19. The van der Waals surface area contributed by atoms with Gasteiger partial charge in [-0.15, -0.1) is 22.7 Å². The van der Waals surface area contributed by atoms with Crippen LogP contribution in [0.4, 0.5) is 0 Å². The SMILES string of the molecule is Cc1sc(CO)cc1S(=O)(=O)NCc1nccs1. The summed E-state index contributed by atoms with van der Waals surface area (Å²) in [6, 6.07) is 1.50. The van der Waals surface area contributed by atoms with Crippen LogP contribution in [0.15, 0.2) is 22.5 Å². The van der Waals surface area contributed by atoms with E-state index in [1.807, 2.05) is 0 Å². The summed E-state index contributed by atoms with van der Waals surface area (Å²) < 4.78 is 26.6. The van der Waals surface area contributed by atoms with Crippen molar-refractivity contribution in [2.75, 3.05) is 0 Å². The van der Waals surface area contributed by atoms with Gasteiger partial charge in [-0.05, 0) is 13.0 Å². The second-order valence-electron chi connectivity index (χ2n) is 3.54. The van der Waals surface area contributed by atoms with Crippen molar-refractivity contribution in [1.82, 2.24) is 9.71 Å². The standard InChI is InChI=1S/C10H12N2O3S3/c1-7-9(4-8(6-13)17-7)18(14,15)12-5-10-11-2-3-16-10/h2-4,12-13H,5-6H2,1H3. The summed E-state index contributed by atoms with van der Waals surface area (Å²) in [6.45, 7) is 1.76. The third kappa shape index (κ3) is 2.96. The van der Waals surface area contributed by atoms with Crippen LogP contribution in [0.5, 0.6) is 0 Å². The first-order valence-electron chi connectivity index (χ1n) is 5.11. The predicted octanol–water partition coefficient (Wildman–Crippen LogP) is 1.48. The lowest BCUT2D eigenvalue weighted by Gasteiger charge is -2.03. The molecule has 0 radical (unpaired) electrons. The Balaban J connectivity index is 2.17. The molecule has 0 saturated carbocycles. The molecule has 2 aromatic rings. The number of hydrogen-bond acceptors (Lipinski definition) is 6. The maximum absolute atomic E-state index is 12.1. The molecule has 0 amide bonds. The zero-order valence-electron chi connectivity index (χ0n) is 9.58. The highest BCUT2D eigenvalue weighted by molar-refractivity contribution is 7.89. The van der Waals surface area contributed by atoms with Gasteiger partial charge in [-0.1, -0.05) is 0 Å². The Labute approximate surface area is 113 Å². The average Bonchev–Trinajstić information content (AvgIpc) is 2.95. The first kappa shape index (κ1) is 13.6. The van der Waals surface area contributed by atoms with Crippen LogP contribution in [0.25, 0.3) is 0 Å². The van der Waals surface area contributed by atoms with Crippen molar-refractivity contribution in [2.45, 2.75) is 25.0 Å². The fourth-order valence-electron chi connectivity index (χ4n) is 1.44. The van der Waals surface area contributed by atoms with Gasteiger partial charge in [-0.2, -0.15) is 0 Å². The molecule has 2 N–H and O–H groups in total. The molecule has 0 fully saturated rings. The molecule has 18 heavy (non-hydrogen) atoms. The molecule has 0 unspecified atom stereocenters. The smallest absolute Gasteiger partial charge is 0.242 e. The fourth-order valence-corrected chi connectivity index (χ4v) is 4.57. The summed E-state index contributed by atoms with van der Waals surface area (Å²) in [6.07, 6.45) is 1.63. The number of nitrogens with one attached hydrogen (secondary N) is 1. The highest BCUT2D eigenvalue weighted by Crippen LogP contribution is 2.25. The third-order valence-corrected chi connectivity index (χ3v) is 5.74. The molecule has 0 spiro atoms. The quantitative estimate of drug-likeness (QED) is 0.877. The number of sulfonamides is 1. The number of rotatable bonds is 5. The average molecular weight is 304 g/mol. The Morgan fingerprint density at radius 2 is 2.28 bits per heavy atom. The summed E-state index contributed by atoms with van der Waals surface area (Å²) in [7, 11) is -3.54. The monoisotopic (exact) mass is 304 g/mol. The van der Waals surface area contributed by atoms with Crippen molar-refractivity contribution in [3.63, 3.8) is 0 Å². The van der Waals surface area contributed by atoms with Gasteiger partial charge in [0, 0.05) is 21.3 Å². The molecule has 5 nitrogen and oxygen atoms in total. The largest absolute Gasteiger partial charge is 0.391 e. The van der Waals surface area contributed by atoms with E-state index in [2.05, 4.69) is 9.71 Å². The summed E-state index contributed by atoms with van der Waals surface area (Å²) >= 11 is 2.68. The molecule has 2 heterocycles. The maximum Gasteiger partial charge on any atom is 0.242 e. The lowest BCUT2D eigenvalue weighted by Crippen LogP contribution is -2.23. The van der Waals surface area contributed by atoms with Crippen LogP contribution in [0.3, 0.4) is 0 Å². The van der Waals surface area contributed by atoms with Crippen molar-refractivity contribution in [3.05, 3.63) is 32.4 Å². The van der Waals surface area contributed by atoms with Gasteiger partial charge in [-0.3, -0.25) is 0 Å². The van der Waals surface area contributed by atoms with E-state index < -0.39 is 10.0 Å². The van der Waals surface area contributed by atoms with Crippen molar-refractivity contribution in [1.29, 1.82) is 0 Å². The second-order valence-corrected chi connectivity index (χ2v) is 7.60. The first-order chi connectivity index (χ1) is 8.53. The van der Waals surface area contributed by atoms with Gasteiger partial charge in [0.15, 0.2) is 0 Å². The maximum atomic E-state index is 12.1. The van der Waals surface area contributed by atoms with Gasteiger partial charge in [0.1, 0.15) is 5.01 Å². The Hall–Kier alpha value is -0.800. The van der Waals surface area contributed by atoms with E-state index in [-0.39, 0.29) is 18.0 Å². The second kappa shape index (κ2) is 5.45. The minimum absolute atomic E-state index is 0.145. The van der Waals surface area contributed by atoms with Crippen LogP contribution in [-0.4, -0.2) is 18.5 Å². The number of thiophene rings is 1. The van der Waals surface area contributed by atoms with Crippen LogP contribution in [-0.2, 0) is 23.2 Å². The van der Waals surface area contributed by atoms with Crippen molar-refractivity contribution < 1.29 is 13.5 Å². The minimum atomic E-state index is -3.54. The van der Waals surface area contributed by atoms with Gasteiger partial charge < -0.3 is 5.11 Å². The number of hydrogen-bond donors (Lipinski definition) is 2. The molecule has 2 aromatic heterocycles. The van der Waals surface area contributed by atoms with E-state index in [4.69, 9.17) is 5.11 Å². The lowest BCUT2D eigenvalue weighted by atomic mass is 10.4. The van der Waals surface area contributed by atoms with E-state index in [1.54, 1.807) is 18.5 Å². The fraction of sp³-hybridized carbons (Fsp3) is 0.300.